The molecule has 106 valence electrons. The Labute approximate surface area is 118 Å². The molecule has 3 atom stereocenters. The van der Waals surface area contributed by atoms with E-state index in [1.54, 1.807) is 4.68 Å². The van der Waals surface area contributed by atoms with Crippen LogP contribution in [-0.4, -0.2) is 40.5 Å². The molecule has 2 aliphatic heterocycles. The van der Waals surface area contributed by atoms with Gasteiger partial charge in [0.05, 0.1) is 11.8 Å². The molecule has 0 saturated carbocycles. The van der Waals surface area contributed by atoms with Gasteiger partial charge in [-0.3, -0.25) is 9.48 Å². The first kappa shape index (κ1) is 14.3. The van der Waals surface area contributed by atoms with Gasteiger partial charge >= 0.3 is 0 Å². The van der Waals surface area contributed by atoms with Crippen molar-refractivity contribution in [2.75, 3.05) is 11.9 Å². The zero-order valence-electron chi connectivity index (χ0n) is 11.0. The van der Waals surface area contributed by atoms with Crippen LogP contribution in [0.25, 0.3) is 0 Å². The minimum atomic E-state index is -0.344. The Morgan fingerprint density at radius 1 is 1.63 bits per heavy atom. The van der Waals surface area contributed by atoms with E-state index in [1.165, 1.54) is 0 Å². The van der Waals surface area contributed by atoms with Crippen molar-refractivity contribution in [2.24, 2.45) is 7.05 Å². The third kappa shape index (κ3) is 2.75. The lowest BCUT2D eigenvalue weighted by atomic mass is 10.1. The molecular formula is C12H19ClN4O2. The van der Waals surface area contributed by atoms with E-state index in [0.717, 1.165) is 25.1 Å². The molecule has 3 rings (SSSR count). The van der Waals surface area contributed by atoms with Crippen LogP contribution in [0.4, 0.5) is 5.82 Å². The van der Waals surface area contributed by atoms with Crippen molar-refractivity contribution in [3.05, 3.63) is 11.8 Å². The average Bonchev–Trinajstić information content (AvgIpc) is 2.93. The number of aryl methyl sites for hydroxylation is 2. The van der Waals surface area contributed by atoms with E-state index < -0.39 is 0 Å². The summed E-state index contributed by atoms with van der Waals surface area (Å²) in [4.78, 5) is 12.1. The lowest BCUT2D eigenvalue weighted by molar-refractivity contribution is -0.126. The van der Waals surface area contributed by atoms with Gasteiger partial charge in [0.1, 0.15) is 11.9 Å². The second-order valence-electron chi connectivity index (χ2n) is 5.03. The van der Waals surface area contributed by atoms with Crippen molar-refractivity contribution in [3.8, 4) is 0 Å². The van der Waals surface area contributed by atoms with Crippen LogP contribution < -0.4 is 10.6 Å². The quantitative estimate of drug-likeness (QED) is 0.836. The molecule has 6 nitrogen and oxygen atoms in total. The second-order valence-corrected chi connectivity index (χ2v) is 5.03. The van der Waals surface area contributed by atoms with Crippen LogP contribution in [0.2, 0.25) is 0 Å². The van der Waals surface area contributed by atoms with E-state index in [4.69, 9.17) is 4.74 Å². The van der Waals surface area contributed by atoms with Gasteiger partial charge in [-0.1, -0.05) is 0 Å². The number of hydrogen-bond acceptors (Lipinski definition) is 4. The normalized spacial score (nSPS) is 28.8. The summed E-state index contributed by atoms with van der Waals surface area (Å²) in [6.45, 7) is 2.89. The SMILES string of the molecule is Cc1cc(NC(=O)[C@@H]2C[C@H]3NCC[C@H]3O2)n(C)n1.Cl. The molecule has 2 saturated heterocycles. The van der Waals surface area contributed by atoms with Crippen molar-refractivity contribution >= 4 is 24.1 Å². The fraction of sp³-hybridized carbons (Fsp3) is 0.667. The molecule has 0 bridgehead atoms. The average molecular weight is 287 g/mol. The number of carbonyl (C=O) groups is 1. The first-order chi connectivity index (χ1) is 8.63. The Bertz CT molecular complexity index is 464. The summed E-state index contributed by atoms with van der Waals surface area (Å²) in [5.41, 5.74) is 0.888. The molecule has 1 amide bonds. The van der Waals surface area contributed by atoms with Crippen LogP contribution in [0.5, 0.6) is 0 Å². The van der Waals surface area contributed by atoms with Gasteiger partial charge in [-0.2, -0.15) is 5.10 Å². The Balaban J connectivity index is 0.00000133. The highest BCUT2D eigenvalue weighted by Crippen LogP contribution is 2.27. The van der Waals surface area contributed by atoms with Gasteiger partial charge < -0.3 is 15.4 Å². The topological polar surface area (TPSA) is 68.2 Å². The standard InChI is InChI=1S/C12H18N4O2.ClH/c1-7-5-11(16(2)15-7)14-12(17)10-6-8-9(18-10)3-4-13-8;/h5,8-10,13H,3-4,6H2,1-2H3,(H,14,17);1H/t8-,9-,10+;/m1./s1. The summed E-state index contributed by atoms with van der Waals surface area (Å²) in [6.07, 6.45) is 1.61. The summed E-state index contributed by atoms with van der Waals surface area (Å²) < 4.78 is 7.43. The molecule has 0 aliphatic carbocycles. The Kier molecular flexibility index (Phi) is 4.13. The van der Waals surface area contributed by atoms with Gasteiger partial charge in [-0.05, 0) is 19.9 Å². The van der Waals surface area contributed by atoms with Gasteiger partial charge in [0, 0.05) is 25.6 Å². The number of amides is 1. The lowest BCUT2D eigenvalue weighted by Gasteiger charge is -2.12. The summed E-state index contributed by atoms with van der Waals surface area (Å²) in [5.74, 6) is 0.639. The van der Waals surface area contributed by atoms with Gasteiger partial charge in [-0.15, -0.1) is 12.4 Å². The third-order valence-electron chi connectivity index (χ3n) is 3.64. The predicted octanol–water partition coefficient (Wildman–Crippen LogP) is 0.608. The molecule has 1 aromatic heterocycles. The highest BCUT2D eigenvalue weighted by molar-refractivity contribution is 5.93. The zero-order chi connectivity index (χ0) is 12.7. The minimum Gasteiger partial charge on any atom is -0.363 e. The zero-order valence-corrected chi connectivity index (χ0v) is 11.9. The van der Waals surface area contributed by atoms with Crippen molar-refractivity contribution < 1.29 is 9.53 Å². The Morgan fingerprint density at radius 2 is 2.42 bits per heavy atom. The van der Waals surface area contributed by atoms with Gasteiger partial charge in [0.25, 0.3) is 5.91 Å². The van der Waals surface area contributed by atoms with Crippen LogP contribution in [0.1, 0.15) is 18.5 Å². The highest BCUT2D eigenvalue weighted by Gasteiger charge is 2.41. The molecule has 0 aromatic carbocycles. The van der Waals surface area contributed by atoms with Gasteiger partial charge in [0.2, 0.25) is 0 Å². The maximum Gasteiger partial charge on any atom is 0.254 e. The Hall–Kier alpha value is -1.11. The summed E-state index contributed by atoms with van der Waals surface area (Å²) >= 11 is 0. The van der Waals surface area contributed by atoms with Gasteiger partial charge in [0.15, 0.2) is 0 Å². The number of carbonyl (C=O) groups excluding carboxylic acids is 1. The minimum absolute atomic E-state index is 0. The highest BCUT2D eigenvalue weighted by atomic mass is 35.5. The van der Waals surface area contributed by atoms with Crippen molar-refractivity contribution in [1.82, 2.24) is 15.1 Å². The van der Waals surface area contributed by atoms with Crippen LogP contribution in [-0.2, 0) is 16.6 Å². The maximum atomic E-state index is 12.1. The van der Waals surface area contributed by atoms with Crippen molar-refractivity contribution in [2.45, 2.75) is 38.0 Å². The van der Waals surface area contributed by atoms with E-state index in [1.807, 2.05) is 20.0 Å². The first-order valence-electron chi connectivity index (χ1n) is 6.34. The van der Waals surface area contributed by atoms with Crippen LogP contribution >= 0.6 is 12.4 Å². The molecular weight excluding hydrogens is 268 g/mol. The van der Waals surface area contributed by atoms with Crippen LogP contribution in [0, 0.1) is 6.92 Å². The third-order valence-corrected chi connectivity index (χ3v) is 3.64. The van der Waals surface area contributed by atoms with Crippen molar-refractivity contribution in [1.29, 1.82) is 0 Å². The number of rotatable bonds is 2. The molecule has 1 aromatic rings. The second kappa shape index (κ2) is 5.48. The predicted molar refractivity (Wildman–Crippen MR) is 73.5 cm³/mol. The number of aromatic nitrogens is 2. The molecule has 7 heteroatoms. The molecule has 3 heterocycles. The number of anilines is 1. The molecule has 0 unspecified atom stereocenters. The van der Waals surface area contributed by atoms with Gasteiger partial charge in [-0.25, -0.2) is 0 Å². The van der Waals surface area contributed by atoms with E-state index in [-0.39, 0.29) is 30.5 Å². The fourth-order valence-corrected chi connectivity index (χ4v) is 2.74. The van der Waals surface area contributed by atoms with E-state index >= 15 is 0 Å². The van der Waals surface area contributed by atoms with Crippen molar-refractivity contribution in [3.63, 3.8) is 0 Å². The number of fused-ring (bicyclic) bond motifs is 1. The lowest BCUT2D eigenvalue weighted by Crippen LogP contribution is -2.30. The summed E-state index contributed by atoms with van der Waals surface area (Å²) in [5, 5.41) is 10.4. The summed E-state index contributed by atoms with van der Waals surface area (Å²) in [6, 6.07) is 2.19. The van der Waals surface area contributed by atoms with E-state index in [9.17, 15) is 4.79 Å². The number of nitrogens with zero attached hydrogens (tertiary/aromatic N) is 2. The molecule has 2 N–H and O–H groups in total. The van der Waals surface area contributed by atoms with E-state index in [2.05, 4.69) is 15.7 Å². The molecule has 2 fully saturated rings. The fourth-order valence-electron chi connectivity index (χ4n) is 2.74. The smallest absolute Gasteiger partial charge is 0.254 e. The number of nitrogens with one attached hydrogen (secondary N) is 2. The van der Waals surface area contributed by atoms with Crippen LogP contribution in [0.3, 0.4) is 0 Å². The Morgan fingerprint density at radius 3 is 3.05 bits per heavy atom. The number of halogens is 1. The first-order valence-corrected chi connectivity index (χ1v) is 6.34. The van der Waals surface area contributed by atoms with E-state index in [0.29, 0.717) is 11.9 Å². The maximum absolute atomic E-state index is 12.1. The van der Waals surface area contributed by atoms with Crippen LogP contribution in [0.15, 0.2) is 6.07 Å². The molecule has 19 heavy (non-hydrogen) atoms. The number of ether oxygens (including phenoxy) is 1. The number of hydrogen-bond donors (Lipinski definition) is 2. The molecule has 2 aliphatic rings. The molecule has 0 spiro atoms. The monoisotopic (exact) mass is 286 g/mol. The summed E-state index contributed by atoms with van der Waals surface area (Å²) in [7, 11) is 1.81. The molecule has 0 radical (unpaired) electrons. The largest absolute Gasteiger partial charge is 0.363 e.